The third-order valence-corrected chi connectivity index (χ3v) is 2.35. The van der Waals surface area contributed by atoms with Crippen LogP contribution in [0.5, 0.6) is 5.75 Å². The first-order valence-electron chi connectivity index (χ1n) is 4.74. The standard InChI is InChI=1S/C11H14ClNO2/c1-3-15-10-4-7(2)8(5-9(10)12)6-11(13)14/h4-5H,3,6H2,1-2H3,(H2,13,14). The van der Waals surface area contributed by atoms with E-state index in [1.807, 2.05) is 19.9 Å². The van der Waals surface area contributed by atoms with E-state index >= 15 is 0 Å². The molecular formula is C11H14ClNO2. The molecule has 0 fully saturated rings. The molecule has 3 nitrogen and oxygen atoms in total. The second-order valence-corrected chi connectivity index (χ2v) is 3.69. The predicted molar refractivity (Wildman–Crippen MR) is 60.3 cm³/mol. The monoisotopic (exact) mass is 227 g/mol. The number of halogens is 1. The molecule has 0 bridgehead atoms. The highest BCUT2D eigenvalue weighted by Gasteiger charge is 2.08. The maximum atomic E-state index is 10.8. The average Bonchev–Trinajstić information content (AvgIpc) is 2.13. The molecule has 0 aliphatic carbocycles. The molecule has 82 valence electrons. The van der Waals surface area contributed by atoms with Crippen LogP contribution >= 0.6 is 11.6 Å². The Morgan fingerprint density at radius 1 is 1.53 bits per heavy atom. The van der Waals surface area contributed by atoms with Gasteiger partial charge in [0.2, 0.25) is 5.91 Å². The van der Waals surface area contributed by atoms with Gasteiger partial charge in [-0.1, -0.05) is 11.6 Å². The van der Waals surface area contributed by atoms with Gasteiger partial charge in [0.1, 0.15) is 5.75 Å². The zero-order valence-electron chi connectivity index (χ0n) is 8.84. The molecule has 15 heavy (non-hydrogen) atoms. The topological polar surface area (TPSA) is 52.3 Å². The van der Waals surface area contributed by atoms with Crippen molar-refractivity contribution in [2.75, 3.05) is 6.61 Å². The molecule has 0 aromatic heterocycles. The van der Waals surface area contributed by atoms with Crippen molar-refractivity contribution in [2.24, 2.45) is 5.73 Å². The zero-order valence-corrected chi connectivity index (χ0v) is 9.60. The Hall–Kier alpha value is -1.22. The first-order valence-corrected chi connectivity index (χ1v) is 5.12. The molecule has 0 atom stereocenters. The third kappa shape index (κ3) is 3.13. The van der Waals surface area contributed by atoms with Crippen molar-refractivity contribution in [3.05, 3.63) is 28.3 Å². The Kier molecular flexibility index (Phi) is 3.97. The van der Waals surface area contributed by atoms with Crippen LogP contribution in [-0.4, -0.2) is 12.5 Å². The molecule has 2 N–H and O–H groups in total. The zero-order chi connectivity index (χ0) is 11.4. The number of amides is 1. The molecule has 0 aliphatic heterocycles. The van der Waals surface area contributed by atoms with Gasteiger partial charge in [-0.2, -0.15) is 0 Å². The molecule has 4 heteroatoms. The summed E-state index contributed by atoms with van der Waals surface area (Å²) in [6.45, 7) is 4.36. The lowest BCUT2D eigenvalue weighted by molar-refractivity contribution is -0.117. The van der Waals surface area contributed by atoms with Gasteiger partial charge in [-0.25, -0.2) is 0 Å². The fourth-order valence-electron chi connectivity index (χ4n) is 1.34. The Morgan fingerprint density at radius 2 is 2.20 bits per heavy atom. The molecule has 0 unspecified atom stereocenters. The Labute approximate surface area is 94.2 Å². The normalized spacial score (nSPS) is 10.1. The van der Waals surface area contributed by atoms with Gasteiger partial charge < -0.3 is 10.5 Å². The van der Waals surface area contributed by atoms with Crippen LogP contribution in [0.3, 0.4) is 0 Å². The van der Waals surface area contributed by atoms with Crippen molar-refractivity contribution in [1.29, 1.82) is 0 Å². The van der Waals surface area contributed by atoms with Crippen LogP contribution < -0.4 is 10.5 Å². The quantitative estimate of drug-likeness (QED) is 0.856. The van der Waals surface area contributed by atoms with Crippen LogP contribution in [0.2, 0.25) is 5.02 Å². The Balaban J connectivity index is 3.02. The first kappa shape index (κ1) is 11.9. The third-order valence-electron chi connectivity index (χ3n) is 2.05. The average molecular weight is 228 g/mol. The fraction of sp³-hybridized carbons (Fsp3) is 0.364. The number of hydrogen-bond donors (Lipinski definition) is 1. The second-order valence-electron chi connectivity index (χ2n) is 3.29. The lowest BCUT2D eigenvalue weighted by Gasteiger charge is -2.10. The number of ether oxygens (including phenoxy) is 1. The van der Waals surface area contributed by atoms with Gasteiger partial charge in [0.25, 0.3) is 0 Å². The summed E-state index contributed by atoms with van der Waals surface area (Å²) < 4.78 is 5.33. The largest absolute Gasteiger partial charge is 0.492 e. The van der Waals surface area contributed by atoms with Crippen molar-refractivity contribution >= 4 is 17.5 Å². The lowest BCUT2D eigenvalue weighted by atomic mass is 10.1. The molecule has 1 aromatic carbocycles. The number of rotatable bonds is 4. The number of benzene rings is 1. The van der Waals surface area contributed by atoms with E-state index in [0.717, 1.165) is 11.1 Å². The van der Waals surface area contributed by atoms with Crippen molar-refractivity contribution in [2.45, 2.75) is 20.3 Å². The molecular weight excluding hydrogens is 214 g/mol. The van der Waals surface area contributed by atoms with Crippen molar-refractivity contribution < 1.29 is 9.53 Å². The van der Waals surface area contributed by atoms with E-state index in [4.69, 9.17) is 22.1 Å². The minimum Gasteiger partial charge on any atom is -0.492 e. The summed E-state index contributed by atoms with van der Waals surface area (Å²) in [7, 11) is 0. The molecule has 1 amide bonds. The van der Waals surface area contributed by atoms with E-state index < -0.39 is 0 Å². The SMILES string of the molecule is CCOc1cc(C)c(CC(N)=O)cc1Cl. The first-order chi connectivity index (χ1) is 7.04. The van der Waals surface area contributed by atoms with Crippen LogP contribution in [0.25, 0.3) is 0 Å². The van der Waals surface area contributed by atoms with Crippen molar-refractivity contribution in [1.82, 2.24) is 0 Å². The second kappa shape index (κ2) is 5.03. The predicted octanol–water partition coefficient (Wildman–Crippen LogP) is 2.07. The molecule has 0 saturated carbocycles. The van der Waals surface area contributed by atoms with E-state index in [1.54, 1.807) is 6.07 Å². The maximum absolute atomic E-state index is 10.8. The number of carbonyl (C=O) groups excluding carboxylic acids is 1. The fourth-order valence-corrected chi connectivity index (χ4v) is 1.58. The van der Waals surface area contributed by atoms with Gasteiger partial charge >= 0.3 is 0 Å². The summed E-state index contributed by atoms with van der Waals surface area (Å²) in [4.78, 5) is 10.8. The lowest BCUT2D eigenvalue weighted by Crippen LogP contribution is -2.14. The van der Waals surface area contributed by atoms with E-state index in [2.05, 4.69) is 0 Å². The molecule has 0 radical (unpaired) electrons. The van der Waals surface area contributed by atoms with Crippen molar-refractivity contribution in [3.8, 4) is 5.75 Å². The maximum Gasteiger partial charge on any atom is 0.221 e. The van der Waals surface area contributed by atoms with Crippen LogP contribution in [0, 0.1) is 6.92 Å². The molecule has 0 aliphatic rings. The summed E-state index contributed by atoms with van der Waals surface area (Å²) in [5, 5.41) is 0.513. The minimum atomic E-state index is -0.363. The van der Waals surface area contributed by atoms with Crippen LogP contribution in [0.4, 0.5) is 0 Å². The van der Waals surface area contributed by atoms with E-state index in [1.165, 1.54) is 0 Å². The summed E-state index contributed by atoms with van der Waals surface area (Å²) >= 11 is 5.99. The number of carbonyl (C=O) groups is 1. The highest BCUT2D eigenvalue weighted by atomic mass is 35.5. The molecule has 0 saturated heterocycles. The van der Waals surface area contributed by atoms with Gasteiger partial charge in [0.05, 0.1) is 18.1 Å². The molecule has 1 aromatic rings. The number of aryl methyl sites for hydroxylation is 1. The smallest absolute Gasteiger partial charge is 0.221 e. The van der Waals surface area contributed by atoms with Crippen LogP contribution in [-0.2, 0) is 11.2 Å². The molecule has 0 heterocycles. The van der Waals surface area contributed by atoms with Crippen LogP contribution in [0.15, 0.2) is 12.1 Å². The van der Waals surface area contributed by atoms with E-state index in [9.17, 15) is 4.79 Å². The van der Waals surface area contributed by atoms with Gasteiger partial charge in [0, 0.05) is 0 Å². The highest BCUT2D eigenvalue weighted by Crippen LogP contribution is 2.28. The summed E-state index contributed by atoms with van der Waals surface area (Å²) in [5.74, 6) is 0.281. The summed E-state index contributed by atoms with van der Waals surface area (Å²) in [6, 6.07) is 3.55. The number of hydrogen-bond acceptors (Lipinski definition) is 2. The number of nitrogens with two attached hydrogens (primary N) is 1. The summed E-state index contributed by atoms with van der Waals surface area (Å²) in [6.07, 6.45) is 0.206. The Bertz CT molecular complexity index is 377. The van der Waals surface area contributed by atoms with Gasteiger partial charge in [-0.3, -0.25) is 4.79 Å². The van der Waals surface area contributed by atoms with Gasteiger partial charge in [-0.05, 0) is 37.1 Å². The highest BCUT2D eigenvalue weighted by molar-refractivity contribution is 6.32. The van der Waals surface area contributed by atoms with Crippen LogP contribution in [0.1, 0.15) is 18.1 Å². The van der Waals surface area contributed by atoms with Gasteiger partial charge in [0.15, 0.2) is 0 Å². The number of primary amides is 1. The van der Waals surface area contributed by atoms with Crippen molar-refractivity contribution in [3.63, 3.8) is 0 Å². The van der Waals surface area contributed by atoms with Gasteiger partial charge in [-0.15, -0.1) is 0 Å². The Morgan fingerprint density at radius 3 is 2.73 bits per heavy atom. The van der Waals surface area contributed by atoms with E-state index in [-0.39, 0.29) is 12.3 Å². The molecule has 1 rings (SSSR count). The molecule has 0 spiro atoms. The van der Waals surface area contributed by atoms with E-state index in [0.29, 0.717) is 17.4 Å². The minimum absolute atomic E-state index is 0.206. The summed E-state index contributed by atoms with van der Waals surface area (Å²) in [5.41, 5.74) is 6.93.